The molecule has 0 amide bonds. The molecule has 1 heteroatoms. The van der Waals surface area contributed by atoms with Crippen LogP contribution in [0.2, 0.25) is 1.41 Å². The van der Waals surface area contributed by atoms with E-state index in [1.807, 2.05) is 0 Å². The van der Waals surface area contributed by atoms with Gasteiger partial charge in [0.1, 0.15) is 0 Å². The molecule has 0 aromatic carbocycles. The first-order valence-corrected chi connectivity index (χ1v) is 2.22. The first-order chi connectivity index (χ1) is 6.61. The predicted molar refractivity (Wildman–Crippen MR) is 35.4 cm³/mol. The van der Waals surface area contributed by atoms with E-state index in [9.17, 15) is 0 Å². The summed E-state index contributed by atoms with van der Waals surface area (Å²) in [5, 5.41) is 0.228. The Morgan fingerprint density at radius 2 is 3.25 bits per heavy atom. The first kappa shape index (κ1) is 1.41. The minimum atomic E-state index is -2.71. The molecule has 44 valence electrons. The SMILES string of the molecule is [2H]C1=CN([2H])C([2H])([2H])C([2H])([2H])C1([2H])C=C. The monoisotopic (exact) mass is 116 g/mol. The van der Waals surface area contributed by atoms with Crippen molar-refractivity contribution >= 4 is 0 Å². The van der Waals surface area contributed by atoms with Gasteiger partial charge in [0.2, 0.25) is 0 Å². The van der Waals surface area contributed by atoms with Gasteiger partial charge in [-0.05, 0) is 18.5 Å². The number of hydrogen-bond acceptors (Lipinski definition) is 1. The van der Waals surface area contributed by atoms with Crippen molar-refractivity contribution in [2.45, 2.75) is 6.37 Å². The molecule has 1 aliphatic heterocycles. The largest absolute Gasteiger partial charge is 0.391 e. The zero-order valence-electron chi connectivity index (χ0n) is 11.3. The Morgan fingerprint density at radius 1 is 2.38 bits per heavy atom. The first-order valence-electron chi connectivity index (χ1n) is 5.66. The van der Waals surface area contributed by atoms with Gasteiger partial charge < -0.3 is 5.31 Å². The van der Waals surface area contributed by atoms with Gasteiger partial charge in [-0.2, -0.15) is 0 Å². The van der Waals surface area contributed by atoms with Crippen molar-refractivity contribution in [3.8, 4) is 0 Å². The molecule has 1 atom stereocenters. The third-order valence-electron chi connectivity index (χ3n) is 0.744. The molecule has 8 heavy (non-hydrogen) atoms. The van der Waals surface area contributed by atoms with Crippen LogP contribution in [0.15, 0.2) is 24.9 Å². The topological polar surface area (TPSA) is 12.0 Å². The van der Waals surface area contributed by atoms with E-state index in [4.69, 9.17) is 9.64 Å². The number of rotatable bonds is 1. The van der Waals surface area contributed by atoms with Crippen LogP contribution in [0, 0.1) is 5.89 Å². The zero-order chi connectivity index (χ0) is 12.1. The van der Waals surface area contributed by atoms with E-state index in [-0.39, 0.29) is 5.31 Å². The van der Waals surface area contributed by atoms with E-state index in [2.05, 4.69) is 6.58 Å². The second kappa shape index (κ2) is 2.55. The molecular weight excluding hydrogens is 98.1 g/mol. The predicted octanol–water partition coefficient (Wildman–Crippen LogP) is 1.30. The van der Waals surface area contributed by atoms with E-state index in [0.29, 0.717) is 0 Å². The minimum absolute atomic E-state index is 0.228. The normalized spacial score (nSPS) is 63.8. The van der Waals surface area contributed by atoms with Gasteiger partial charge >= 0.3 is 0 Å². The van der Waals surface area contributed by atoms with Crippen LogP contribution in [-0.4, -0.2) is 6.50 Å². The fourth-order valence-electron chi connectivity index (χ4n) is 0.373. The van der Waals surface area contributed by atoms with E-state index >= 15 is 0 Å². The second-order valence-corrected chi connectivity index (χ2v) is 1.26. The van der Waals surface area contributed by atoms with Gasteiger partial charge in [0.15, 0.2) is 1.41 Å². The van der Waals surface area contributed by atoms with Gasteiger partial charge in [0.25, 0.3) is 0 Å². The standard InChI is InChI=1S/C7H11N/c1-2-7-3-5-8-6-4-7/h2-3,5,7-8H,1,4,6H2/i3D,4D2,6D2,7D/hD. The van der Waals surface area contributed by atoms with E-state index < -0.39 is 24.8 Å². The van der Waals surface area contributed by atoms with Crippen LogP contribution in [-0.2, 0) is 0 Å². The summed E-state index contributed by atoms with van der Waals surface area (Å²) in [6.45, 7) is 0.585. The van der Waals surface area contributed by atoms with Gasteiger partial charge in [-0.25, -0.2) is 0 Å². The van der Waals surface area contributed by atoms with Crippen molar-refractivity contribution in [2.75, 3.05) is 6.50 Å². The van der Waals surface area contributed by atoms with Crippen LogP contribution in [0.1, 0.15) is 14.6 Å². The van der Waals surface area contributed by atoms with Gasteiger partial charge in [0, 0.05) is 13.4 Å². The van der Waals surface area contributed by atoms with Gasteiger partial charge in [-0.3, -0.25) is 0 Å². The van der Waals surface area contributed by atoms with Crippen molar-refractivity contribution in [2.24, 2.45) is 5.89 Å². The minimum Gasteiger partial charge on any atom is -0.391 e. The summed E-state index contributed by atoms with van der Waals surface area (Å²) in [5.41, 5.74) is 0. The van der Waals surface area contributed by atoms with E-state index in [1.165, 1.54) is 0 Å². The summed E-state index contributed by atoms with van der Waals surface area (Å²) < 4.78 is 52.3. The number of allylic oxidation sites excluding steroid dienone is 2. The van der Waals surface area contributed by atoms with Crippen molar-refractivity contribution in [3.63, 3.8) is 0 Å². The lowest BCUT2D eigenvalue weighted by molar-refractivity contribution is 0.636. The number of hydrogen-bond donors (Lipinski definition) is 1. The maximum atomic E-state index is 7.72. The highest BCUT2D eigenvalue weighted by atomic mass is 14.8. The van der Waals surface area contributed by atoms with Crippen molar-refractivity contribution in [1.82, 2.24) is 5.31 Å². The van der Waals surface area contributed by atoms with Crippen LogP contribution in [0.4, 0.5) is 0 Å². The molecule has 0 saturated carbocycles. The molecule has 0 saturated heterocycles. The molecule has 1 heterocycles. The summed E-state index contributed by atoms with van der Waals surface area (Å²) >= 11 is 0. The molecule has 0 radical (unpaired) electrons. The number of nitrogens with one attached hydrogen (secondary N) is 1. The summed E-state index contributed by atoms with van der Waals surface area (Å²) in [6.07, 6.45) is -1.04. The van der Waals surface area contributed by atoms with Crippen LogP contribution in [0.3, 0.4) is 0 Å². The van der Waals surface area contributed by atoms with Gasteiger partial charge in [-0.1, -0.05) is 12.1 Å². The molecule has 1 nitrogen and oxygen atoms in total. The van der Waals surface area contributed by atoms with Crippen LogP contribution in [0.25, 0.3) is 0 Å². The Bertz CT molecular complexity index is 323. The average Bonchev–Trinajstić information content (AvgIpc) is 2.13. The third-order valence-corrected chi connectivity index (χ3v) is 0.744. The van der Waals surface area contributed by atoms with Crippen molar-refractivity contribution in [1.29, 1.82) is 0 Å². The fraction of sp³-hybridized carbons (Fsp3) is 0.429. The molecule has 0 spiro atoms. The summed E-state index contributed by atoms with van der Waals surface area (Å²) in [6, 6.07) is -0.493. The quantitative estimate of drug-likeness (QED) is 0.509. The molecule has 0 aliphatic carbocycles. The fourth-order valence-corrected chi connectivity index (χ4v) is 0.373. The zero-order valence-corrected chi connectivity index (χ0v) is 4.31. The van der Waals surface area contributed by atoms with Crippen LogP contribution in [0.5, 0.6) is 0 Å². The molecule has 0 aromatic rings. The summed E-state index contributed by atoms with van der Waals surface area (Å²) in [7, 11) is 0. The molecule has 1 aliphatic rings. The van der Waals surface area contributed by atoms with Crippen LogP contribution >= 0.6 is 0 Å². The second-order valence-electron chi connectivity index (χ2n) is 1.26. The molecule has 1 N–H and O–H groups in total. The lowest BCUT2D eigenvalue weighted by Crippen LogP contribution is -2.15. The molecule has 0 fully saturated rings. The highest BCUT2D eigenvalue weighted by Gasteiger charge is 2.00. The maximum Gasteiger partial charge on any atom is 0.159 e. The molecule has 0 aromatic heterocycles. The average molecular weight is 116 g/mol. The summed E-state index contributed by atoms with van der Waals surface area (Å²) in [4.78, 5) is 0. The molecular formula is C7H11N. The molecule has 1 unspecified atom stereocenters. The Balaban J connectivity index is 3.45. The van der Waals surface area contributed by atoms with E-state index in [1.54, 1.807) is 0 Å². The molecule has 1 rings (SSSR count). The molecule has 0 bridgehead atoms. The highest BCUT2D eigenvalue weighted by molar-refractivity contribution is 4.99. The Kier molecular flexibility index (Phi) is 0.449. The smallest absolute Gasteiger partial charge is 0.159 e. The van der Waals surface area contributed by atoms with Gasteiger partial charge in [0.05, 0.1) is 1.37 Å². The maximum absolute atomic E-state index is 7.72. The van der Waals surface area contributed by atoms with Crippen molar-refractivity contribution < 1.29 is 9.64 Å². The van der Waals surface area contributed by atoms with Crippen molar-refractivity contribution in [3.05, 3.63) is 24.9 Å². The lowest BCUT2D eigenvalue weighted by Gasteiger charge is -2.11. The Labute approximate surface area is 60.0 Å². The summed E-state index contributed by atoms with van der Waals surface area (Å²) in [5.74, 6) is -2.17. The van der Waals surface area contributed by atoms with E-state index in [0.717, 1.165) is 12.3 Å². The third kappa shape index (κ3) is 1.12. The highest BCUT2D eigenvalue weighted by Crippen LogP contribution is 2.07. The van der Waals surface area contributed by atoms with Gasteiger partial charge in [-0.15, -0.1) is 6.58 Å². The Morgan fingerprint density at radius 3 is 4.00 bits per heavy atom. The Hall–Kier alpha value is -0.720. The lowest BCUT2D eigenvalue weighted by atomic mass is 10.0. The van der Waals surface area contributed by atoms with Crippen LogP contribution < -0.4 is 5.31 Å².